The molecule has 10 heavy (non-hydrogen) atoms. The molecule has 0 aliphatic heterocycles. The van der Waals surface area contributed by atoms with Crippen LogP contribution in [0.1, 0.15) is 20.3 Å². The Bertz CT molecular complexity index is 71.3. The van der Waals surface area contributed by atoms with E-state index in [1.807, 2.05) is 6.92 Å². The largest absolute Gasteiger partial charge is 0.394 e. The van der Waals surface area contributed by atoms with Crippen LogP contribution in [0.15, 0.2) is 0 Å². The van der Waals surface area contributed by atoms with Gasteiger partial charge in [-0.2, -0.15) is 0 Å². The van der Waals surface area contributed by atoms with Gasteiger partial charge in [0.25, 0.3) is 0 Å². The summed E-state index contributed by atoms with van der Waals surface area (Å²) >= 11 is 0. The molecule has 0 radical (unpaired) electrons. The fourth-order valence-electron chi connectivity index (χ4n) is 0.640. The summed E-state index contributed by atoms with van der Waals surface area (Å²) in [5, 5.41) is 17.2. The summed E-state index contributed by atoms with van der Waals surface area (Å²) in [4.78, 5) is 0. The first-order chi connectivity index (χ1) is 4.74. The van der Waals surface area contributed by atoms with Gasteiger partial charge >= 0.3 is 0 Å². The van der Waals surface area contributed by atoms with Crippen LogP contribution < -0.4 is 0 Å². The first-order valence-corrected chi connectivity index (χ1v) is 3.61. The topological polar surface area (TPSA) is 49.7 Å². The van der Waals surface area contributed by atoms with E-state index in [9.17, 15) is 0 Å². The highest BCUT2D eigenvalue weighted by Crippen LogP contribution is 2.00. The Hall–Kier alpha value is -0.120. The van der Waals surface area contributed by atoms with Crippen LogP contribution in [-0.4, -0.2) is 35.6 Å². The van der Waals surface area contributed by atoms with Crippen molar-refractivity contribution in [1.82, 2.24) is 0 Å². The number of ether oxygens (including phenoxy) is 1. The van der Waals surface area contributed by atoms with E-state index < -0.39 is 0 Å². The van der Waals surface area contributed by atoms with Crippen molar-refractivity contribution < 1.29 is 14.9 Å². The van der Waals surface area contributed by atoms with Crippen LogP contribution in [0.25, 0.3) is 0 Å². The summed E-state index contributed by atoms with van der Waals surface area (Å²) in [5.74, 6) is 0. The van der Waals surface area contributed by atoms with E-state index in [4.69, 9.17) is 14.9 Å². The van der Waals surface area contributed by atoms with Gasteiger partial charge in [0.1, 0.15) is 0 Å². The molecule has 0 bridgehead atoms. The van der Waals surface area contributed by atoms with E-state index in [1.54, 1.807) is 6.92 Å². The Morgan fingerprint density at radius 1 is 1.30 bits per heavy atom. The number of hydrogen-bond acceptors (Lipinski definition) is 3. The fraction of sp³-hybridized carbons (Fsp3) is 1.00. The number of aliphatic hydroxyl groups excluding tert-OH is 2. The first kappa shape index (κ1) is 9.88. The van der Waals surface area contributed by atoms with E-state index in [-0.39, 0.29) is 25.4 Å². The highest BCUT2D eigenvalue weighted by atomic mass is 16.5. The summed E-state index contributed by atoms with van der Waals surface area (Å²) < 4.78 is 5.20. The quantitative estimate of drug-likeness (QED) is 0.583. The van der Waals surface area contributed by atoms with E-state index >= 15 is 0 Å². The van der Waals surface area contributed by atoms with Crippen molar-refractivity contribution in [1.29, 1.82) is 0 Å². The second-order valence-corrected chi connectivity index (χ2v) is 2.34. The molecule has 0 aromatic carbocycles. The maximum absolute atomic E-state index is 8.66. The van der Waals surface area contributed by atoms with Gasteiger partial charge in [-0.15, -0.1) is 0 Å². The van der Waals surface area contributed by atoms with Crippen LogP contribution in [0.2, 0.25) is 0 Å². The van der Waals surface area contributed by atoms with Crippen molar-refractivity contribution in [3.63, 3.8) is 0 Å². The lowest BCUT2D eigenvalue weighted by molar-refractivity contribution is -0.0525. The monoisotopic (exact) mass is 148 g/mol. The molecule has 0 fully saturated rings. The van der Waals surface area contributed by atoms with Gasteiger partial charge in [0, 0.05) is 0 Å². The van der Waals surface area contributed by atoms with Crippen LogP contribution in [-0.2, 0) is 4.74 Å². The molecular weight excluding hydrogens is 132 g/mol. The second kappa shape index (κ2) is 5.65. The van der Waals surface area contributed by atoms with Gasteiger partial charge in [-0.05, 0) is 13.3 Å². The summed E-state index contributed by atoms with van der Waals surface area (Å²) in [6.07, 6.45) is 0.486. The molecule has 0 spiro atoms. The average molecular weight is 148 g/mol. The average Bonchev–Trinajstić information content (AvgIpc) is 1.99. The van der Waals surface area contributed by atoms with E-state index in [0.29, 0.717) is 0 Å². The molecular formula is C7H16O3. The van der Waals surface area contributed by atoms with Gasteiger partial charge in [0.05, 0.1) is 25.4 Å². The lowest BCUT2D eigenvalue weighted by atomic mass is 10.3. The van der Waals surface area contributed by atoms with E-state index in [2.05, 4.69) is 0 Å². The molecule has 0 unspecified atom stereocenters. The molecule has 0 aromatic rings. The third-order valence-corrected chi connectivity index (χ3v) is 1.34. The maximum atomic E-state index is 8.66. The van der Waals surface area contributed by atoms with Gasteiger partial charge in [-0.25, -0.2) is 0 Å². The zero-order valence-corrected chi connectivity index (χ0v) is 6.58. The predicted octanol–water partition coefficient (Wildman–Crippen LogP) is 0.155. The molecule has 3 heteroatoms. The SMILES string of the molecule is CC[C@@H](CO)O[C@@H](C)CO. The molecule has 0 aliphatic carbocycles. The van der Waals surface area contributed by atoms with Gasteiger partial charge < -0.3 is 14.9 Å². The number of hydrogen-bond donors (Lipinski definition) is 2. The molecule has 0 heterocycles. The molecule has 0 aromatic heterocycles. The Labute approximate surface area is 61.6 Å². The van der Waals surface area contributed by atoms with E-state index in [1.165, 1.54) is 0 Å². The third-order valence-electron chi connectivity index (χ3n) is 1.34. The van der Waals surface area contributed by atoms with Crippen LogP contribution >= 0.6 is 0 Å². The Morgan fingerprint density at radius 3 is 2.20 bits per heavy atom. The minimum Gasteiger partial charge on any atom is -0.394 e. The molecule has 0 saturated carbocycles. The van der Waals surface area contributed by atoms with Gasteiger partial charge in [-0.1, -0.05) is 6.92 Å². The van der Waals surface area contributed by atoms with Crippen molar-refractivity contribution in [3.8, 4) is 0 Å². The molecule has 2 atom stereocenters. The Morgan fingerprint density at radius 2 is 1.90 bits per heavy atom. The predicted molar refractivity (Wildman–Crippen MR) is 38.8 cm³/mol. The molecule has 0 saturated heterocycles. The van der Waals surface area contributed by atoms with Crippen LogP contribution in [0.4, 0.5) is 0 Å². The lowest BCUT2D eigenvalue weighted by Crippen LogP contribution is -2.24. The molecule has 0 rings (SSSR count). The summed E-state index contributed by atoms with van der Waals surface area (Å²) in [6, 6.07) is 0. The Balaban J connectivity index is 3.41. The van der Waals surface area contributed by atoms with Crippen molar-refractivity contribution >= 4 is 0 Å². The summed E-state index contributed by atoms with van der Waals surface area (Å²) in [5.41, 5.74) is 0. The number of aliphatic hydroxyl groups is 2. The van der Waals surface area contributed by atoms with Crippen molar-refractivity contribution in [2.24, 2.45) is 0 Å². The van der Waals surface area contributed by atoms with E-state index in [0.717, 1.165) is 6.42 Å². The third kappa shape index (κ3) is 3.82. The van der Waals surface area contributed by atoms with Crippen molar-refractivity contribution in [2.45, 2.75) is 32.5 Å². The smallest absolute Gasteiger partial charge is 0.0807 e. The molecule has 62 valence electrons. The summed E-state index contributed by atoms with van der Waals surface area (Å²) in [7, 11) is 0. The second-order valence-electron chi connectivity index (χ2n) is 2.34. The zero-order valence-electron chi connectivity index (χ0n) is 6.58. The molecule has 0 amide bonds. The highest BCUT2D eigenvalue weighted by molar-refractivity contribution is 4.55. The Kier molecular flexibility index (Phi) is 5.58. The van der Waals surface area contributed by atoms with Crippen LogP contribution in [0.5, 0.6) is 0 Å². The molecule has 3 nitrogen and oxygen atoms in total. The molecule has 2 N–H and O–H groups in total. The molecule has 0 aliphatic rings. The van der Waals surface area contributed by atoms with Gasteiger partial charge in [0.15, 0.2) is 0 Å². The maximum Gasteiger partial charge on any atom is 0.0807 e. The first-order valence-electron chi connectivity index (χ1n) is 3.61. The van der Waals surface area contributed by atoms with Crippen LogP contribution in [0, 0.1) is 0 Å². The standard InChI is InChI=1S/C7H16O3/c1-3-7(5-9)10-6(2)4-8/h6-9H,3-5H2,1-2H3/t6-,7-/m0/s1. The highest BCUT2D eigenvalue weighted by Gasteiger charge is 2.08. The van der Waals surface area contributed by atoms with Gasteiger partial charge in [-0.3, -0.25) is 0 Å². The lowest BCUT2D eigenvalue weighted by Gasteiger charge is -2.17. The minimum absolute atomic E-state index is 0.0104. The minimum atomic E-state index is -0.169. The van der Waals surface area contributed by atoms with Crippen molar-refractivity contribution in [3.05, 3.63) is 0 Å². The van der Waals surface area contributed by atoms with Crippen LogP contribution in [0.3, 0.4) is 0 Å². The zero-order chi connectivity index (χ0) is 7.98. The summed E-state index contributed by atoms with van der Waals surface area (Å²) in [6.45, 7) is 3.75. The number of rotatable bonds is 5. The normalized spacial score (nSPS) is 16.8. The van der Waals surface area contributed by atoms with Crippen molar-refractivity contribution in [2.75, 3.05) is 13.2 Å². The van der Waals surface area contributed by atoms with Gasteiger partial charge in [0.2, 0.25) is 0 Å². The fourth-order valence-corrected chi connectivity index (χ4v) is 0.640.